The molecule has 0 saturated heterocycles. The summed E-state index contributed by atoms with van der Waals surface area (Å²) in [7, 11) is 0. The van der Waals surface area contributed by atoms with Crippen molar-refractivity contribution in [3.8, 4) is 18.1 Å². The highest BCUT2D eigenvalue weighted by Crippen LogP contribution is 2.40. The van der Waals surface area contributed by atoms with Crippen molar-refractivity contribution >= 4 is 34.3 Å². The van der Waals surface area contributed by atoms with Crippen molar-refractivity contribution in [1.82, 2.24) is 9.40 Å². The van der Waals surface area contributed by atoms with E-state index in [2.05, 4.69) is 23.0 Å². The highest BCUT2D eigenvalue weighted by atomic mass is 35.5. The lowest BCUT2D eigenvalue weighted by molar-refractivity contribution is 0.326. The second kappa shape index (κ2) is 7.25. The predicted octanol–water partition coefficient (Wildman–Crippen LogP) is 5.32. The average molecular weight is 385 g/mol. The molecule has 1 atom stereocenters. The third-order valence-corrected chi connectivity index (χ3v) is 5.34. The Morgan fingerprint density at radius 1 is 1.23 bits per heavy atom. The van der Waals surface area contributed by atoms with Gasteiger partial charge in [0.15, 0.2) is 0 Å². The van der Waals surface area contributed by atoms with Crippen molar-refractivity contribution in [2.24, 2.45) is 0 Å². The van der Waals surface area contributed by atoms with E-state index in [9.17, 15) is 0 Å². The van der Waals surface area contributed by atoms with Gasteiger partial charge in [0.2, 0.25) is 0 Å². The van der Waals surface area contributed by atoms with Gasteiger partial charge in [-0.25, -0.2) is 4.42 Å². The van der Waals surface area contributed by atoms with E-state index in [1.165, 1.54) is 10.9 Å². The van der Waals surface area contributed by atoms with Crippen molar-refractivity contribution in [2.45, 2.75) is 18.9 Å². The number of terminal acetylenes is 1. The number of hydrogen-bond acceptors (Lipinski definition) is 2. The van der Waals surface area contributed by atoms with Crippen LogP contribution >= 0.6 is 23.4 Å². The minimum absolute atomic E-state index is 0.0358. The van der Waals surface area contributed by atoms with Gasteiger partial charge in [-0.2, -0.15) is 0 Å². The van der Waals surface area contributed by atoms with Crippen LogP contribution in [0.15, 0.2) is 42.5 Å². The summed E-state index contributed by atoms with van der Waals surface area (Å²) in [5, 5.41) is 1.93. The number of nitrogens with zero attached hydrogens (tertiary/aromatic N) is 1. The number of halogens is 2. The maximum absolute atomic E-state index is 6.58. The Balaban J connectivity index is 1.69. The molecule has 2 heterocycles. The van der Waals surface area contributed by atoms with Crippen molar-refractivity contribution in [3.63, 3.8) is 0 Å². The first-order valence-corrected chi connectivity index (χ1v) is 9.27. The molecule has 1 N–H and O–H groups in total. The van der Waals surface area contributed by atoms with E-state index in [-0.39, 0.29) is 6.04 Å². The third-order valence-electron chi connectivity index (χ3n) is 4.74. The van der Waals surface area contributed by atoms with Crippen molar-refractivity contribution in [1.29, 1.82) is 0 Å². The van der Waals surface area contributed by atoms with Gasteiger partial charge >= 0.3 is 0 Å². The molecule has 0 spiro atoms. The van der Waals surface area contributed by atoms with E-state index < -0.39 is 0 Å². The molecule has 2 aromatic carbocycles. The summed E-state index contributed by atoms with van der Waals surface area (Å²) < 4.78 is 7.49. The molecule has 1 aromatic heterocycles. The van der Waals surface area contributed by atoms with E-state index >= 15 is 0 Å². The minimum atomic E-state index is -0.0358. The molecule has 3 aromatic rings. The average Bonchev–Trinajstić information content (AvgIpc) is 3.00. The SMILES string of the molecule is C#CCCOc1ccc(C2c3[nH]c4ccc(Cl)cc4c3CCN2Cl)cc1. The van der Waals surface area contributed by atoms with Crippen LogP contribution < -0.4 is 4.74 Å². The second-order valence-corrected chi connectivity index (χ2v) is 7.23. The number of fused-ring (bicyclic) bond motifs is 3. The largest absolute Gasteiger partial charge is 0.493 e. The molecule has 132 valence electrons. The van der Waals surface area contributed by atoms with Crippen LogP contribution in [0.4, 0.5) is 0 Å². The number of aromatic amines is 1. The molecule has 5 heteroatoms. The maximum atomic E-state index is 6.58. The summed E-state index contributed by atoms with van der Waals surface area (Å²) in [5.41, 5.74) is 4.62. The molecule has 3 nitrogen and oxygen atoms in total. The first kappa shape index (κ1) is 17.3. The fourth-order valence-corrected chi connectivity index (χ4v) is 4.00. The third kappa shape index (κ3) is 3.17. The van der Waals surface area contributed by atoms with Crippen LogP contribution in [0.5, 0.6) is 5.75 Å². The molecular formula is C21H18Cl2N2O. The van der Waals surface area contributed by atoms with Gasteiger partial charge in [0, 0.05) is 34.6 Å². The van der Waals surface area contributed by atoms with Crippen LogP contribution in [0.3, 0.4) is 0 Å². The molecule has 0 saturated carbocycles. The second-order valence-electron chi connectivity index (χ2n) is 6.35. The summed E-state index contributed by atoms with van der Waals surface area (Å²) in [5.74, 6) is 3.38. The highest BCUT2D eigenvalue weighted by Gasteiger charge is 2.30. The summed E-state index contributed by atoms with van der Waals surface area (Å²) in [6.45, 7) is 1.30. The fourth-order valence-electron chi connectivity index (χ4n) is 3.53. The van der Waals surface area contributed by atoms with Crippen LogP contribution in [-0.4, -0.2) is 22.6 Å². The summed E-state index contributed by atoms with van der Waals surface area (Å²) in [4.78, 5) is 3.54. The number of H-pyrrole nitrogens is 1. The van der Waals surface area contributed by atoms with Gasteiger partial charge in [-0.05, 0) is 59.7 Å². The Kier molecular flexibility index (Phi) is 4.82. The molecule has 1 unspecified atom stereocenters. The van der Waals surface area contributed by atoms with Crippen LogP contribution in [0.1, 0.15) is 29.3 Å². The molecular weight excluding hydrogens is 367 g/mol. The quantitative estimate of drug-likeness (QED) is 0.374. The topological polar surface area (TPSA) is 28.3 Å². The minimum Gasteiger partial charge on any atom is -0.493 e. The number of ether oxygens (including phenoxy) is 1. The molecule has 0 amide bonds. The van der Waals surface area contributed by atoms with Crippen molar-refractivity contribution < 1.29 is 4.74 Å². The van der Waals surface area contributed by atoms with E-state index in [0.717, 1.165) is 40.5 Å². The standard InChI is InChI=1S/C21H18Cl2N2O/c1-2-3-12-26-16-7-4-14(5-8-16)21-20-17(10-11-25(21)23)18-13-15(22)6-9-19(18)24-20/h1,4-9,13,21,24H,3,10-12H2. The zero-order valence-electron chi connectivity index (χ0n) is 14.1. The van der Waals surface area contributed by atoms with Gasteiger partial charge in [0.1, 0.15) is 5.75 Å². The van der Waals surface area contributed by atoms with E-state index in [4.69, 9.17) is 34.5 Å². The van der Waals surface area contributed by atoms with Crippen LogP contribution in [-0.2, 0) is 6.42 Å². The Labute approximate surface area is 163 Å². The van der Waals surface area contributed by atoms with E-state index in [1.54, 1.807) is 0 Å². The Morgan fingerprint density at radius 2 is 2.04 bits per heavy atom. The summed E-state index contributed by atoms with van der Waals surface area (Å²) >= 11 is 12.8. The van der Waals surface area contributed by atoms with Gasteiger partial charge < -0.3 is 9.72 Å². The summed E-state index contributed by atoms with van der Waals surface area (Å²) in [6, 6.07) is 13.9. The van der Waals surface area contributed by atoms with Gasteiger partial charge in [-0.3, -0.25) is 0 Å². The number of rotatable bonds is 4. The summed E-state index contributed by atoms with van der Waals surface area (Å²) in [6.07, 6.45) is 6.74. The zero-order chi connectivity index (χ0) is 18.1. The molecule has 0 aliphatic carbocycles. The Bertz CT molecular complexity index is 972. The molecule has 1 aliphatic heterocycles. The highest BCUT2D eigenvalue weighted by molar-refractivity contribution is 6.31. The van der Waals surface area contributed by atoms with E-state index in [0.29, 0.717) is 13.0 Å². The van der Waals surface area contributed by atoms with Gasteiger partial charge in [-0.15, -0.1) is 12.3 Å². The lowest BCUT2D eigenvalue weighted by Gasteiger charge is -2.30. The zero-order valence-corrected chi connectivity index (χ0v) is 15.6. The number of hydrogen-bond donors (Lipinski definition) is 1. The van der Waals surface area contributed by atoms with Crippen molar-refractivity contribution in [3.05, 3.63) is 64.3 Å². The fraction of sp³-hybridized carbons (Fsp3) is 0.238. The van der Waals surface area contributed by atoms with Crippen LogP contribution in [0, 0.1) is 12.3 Å². The molecule has 26 heavy (non-hydrogen) atoms. The van der Waals surface area contributed by atoms with E-state index in [1.807, 2.05) is 34.8 Å². The monoisotopic (exact) mass is 384 g/mol. The van der Waals surface area contributed by atoms with Crippen molar-refractivity contribution in [2.75, 3.05) is 13.2 Å². The Hall–Kier alpha value is -2.12. The molecule has 0 fully saturated rings. The van der Waals surface area contributed by atoms with Gasteiger partial charge in [0.05, 0.1) is 12.6 Å². The van der Waals surface area contributed by atoms with Crippen LogP contribution in [0.25, 0.3) is 10.9 Å². The number of aromatic nitrogens is 1. The molecule has 0 radical (unpaired) electrons. The Morgan fingerprint density at radius 3 is 2.81 bits per heavy atom. The number of benzene rings is 2. The van der Waals surface area contributed by atoms with Gasteiger partial charge in [-0.1, -0.05) is 23.7 Å². The smallest absolute Gasteiger partial charge is 0.119 e. The number of nitrogens with one attached hydrogen (secondary N) is 1. The lowest BCUT2D eigenvalue weighted by atomic mass is 9.94. The predicted molar refractivity (Wildman–Crippen MR) is 107 cm³/mol. The lowest BCUT2D eigenvalue weighted by Crippen LogP contribution is -2.28. The molecule has 4 rings (SSSR count). The first-order chi connectivity index (χ1) is 12.7. The molecule has 1 aliphatic rings. The molecule has 0 bridgehead atoms. The normalized spacial score (nSPS) is 17.0. The first-order valence-electron chi connectivity index (χ1n) is 8.56. The maximum Gasteiger partial charge on any atom is 0.119 e. The van der Waals surface area contributed by atoms with Crippen LogP contribution in [0.2, 0.25) is 5.02 Å². The van der Waals surface area contributed by atoms with Gasteiger partial charge in [0.25, 0.3) is 0 Å².